The van der Waals surface area contributed by atoms with Gasteiger partial charge in [-0.2, -0.15) is 0 Å². The fraction of sp³-hybridized carbons (Fsp3) is 0.577. The maximum atomic E-state index is 5.98. The number of ether oxygens (including phenoxy) is 1. The van der Waals surface area contributed by atoms with Crippen LogP contribution in [0.15, 0.2) is 41.0 Å². The van der Waals surface area contributed by atoms with Gasteiger partial charge in [0, 0.05) is 41.0 Å². The lowest BCUT2D eigenvalue weighted by Gasteiger charge is -2.50. The van der Waals surface area contributed by atoms with Gasteiger partial charge in [0.2, 0.25) is 0 Å². The summed E-state index contributed by atoms with van der Waals surface area (Å²) in [6.45, 7) is 2.87. The van der Waals surface area contributed by atoms with E-state index in [9.17, 15) is 0 Å². The fourth-order valence-corrected chi connectivity index (χ4v) is 7.04. The Balaban J connectivity index is 1.31. The van der Waals surface area contributed by atoms with Crippen molar-refractivity contribution in [2.45, 2.75) is 69.2 Å². The molecule has 0 bridgehead atoms. The van der Waals surface area contributed by atoms with Crippen LogP contribution in [0.4, 0.5) is 0 Å². The second-order valence-corrected chi connectivity index (χ2v) is 10.9. The van der Waals surface area contributed by atoms with E-state index in [0.29, 0.717) is 11.5 Å². The third-order valence-corrected chi connectivity index (χ3v) is 8.87. The molecule has 2 heterocycles. The van der Waals surface area contributed by atoms with Gasteiger partial charge in [0.05, 0.1) is 0 Å². The summed E-state index contributed by atoms with van der Waals surface area (Å²) in [4.78, 5) is 4.86. The number of aromatic nitrogens is 1. The Morgan fingerprint density at radius 3 is 2.74 bits per heavy atom. The van der Waals surface area contributed by atoms with Crippen LogP contribution < -0.4 is 10.8 Å². The van der Waals surface area contributed by atoms with E-state index in [1.54, 1.807) is 0 Å². The highest BCUT2D eigenvalue weighted by atomic mass is 79.9. The maximum absolute atomic E-state index is 5.98. The Kier molecular flexibility index (Phi) is 6.29. The van der Waals surface area contributed by atoms with E-state index >= 15 is 0 Å². The SMILES string of the molecule is [B]c1ccc(C2(CCNC3Cc4cccc(Br)c4C3)CCCC3(CCOCC3)C2)nc1. The Morgan fingerprint density at radius 2 is 1.97 bits per heavy atom. The van der Waals surface area contributed by atoms with Crippen LogP contribution in [0.25, 0.3) is 0 Å². The summed E-state index contributed by atoms with van der Waals surface area (Å²) in [6.07, 6.45) is 12.7. The maximum Gasteiger partial charge on any atom is 0.115 e. The van der Waals surface area contributed by atoms with Crippen LogP contribution >= 0.6 is 15.9 Å². The highest BCUT2D eigenvalue weighted by Crippen LogP contribution is 2.53. The number of rotatable bonds is 5. The zero-order valence-corrected chi connectivity index (χ0v) is 19.9. The minimum atomic E-state index is 0.141. The largest absolute Gasteiger partial charge is 0.381 e. The van der Waals surface area contributed by atoms with Crippen molar-refractivity contribution in [2.75, 3.05) is 19.8 Å². The van der Waals surface area contributed by atoms with E-state index in [2.05, 4.69) is 45.5 Å². The van der Waals surface area contributed by atoms with Crippen molar-refractivity contribution in [2.24, 2.45) is 5.41 Å². The van der Waals surface area contributed by atoms with Crippen LogP contribution in [-0.2, 0) is 23.0 Å². The van der Waals surface area contributed by atoms with E-state index in [1.165, 1.54) is 59.8 Å². The zero-order chi connectivity index (χ0) is 21.3. The first-order valence-corrected chi connectivity index (χ1v) is 12.7. The third-order valence-electron chi connectivity index (χ3n) is 8.13. The molecule has 1 saturated heterocycles. The second kappa shape index (κ2) is 9.00. The number of fused-ring (bicyclic) bond motifs is 1. The number of pyridine rings is 1. The molecule has 3 aliphatic rings. The lowest BCUT2D eigenvalue weighted by Crippen LogP contribution is -2.45. The van der Waals surface area contributed by atoms with Gasteiger partial charge in [0.1, 0.15) is 7.85 Å². The molecule has 2 atom stereocenters. The molecule has 2 aromatic rings. The van der Waals surface area contributed by atoms with E-state index in [0.717, 1.165) is 44.5 Å². The Morgan fingerprint density at radius 1 is 1.10 bits per heavy atom. The summed E-state index contributed by atoms with van der Waals surface area (Å²) < 4.78 is 6.98. The number of benzene rings is 1. The number of hydrogen-bond donors (Lipinski definition) is 1. The second-order valence-electron chi connectivity index (χ2n) is 10.1. The summed E-state index contributed by atoms with van der Waals surface area (Å²) in [5, 5.41) is 3.90. The molecule has 2 radical (unpaired) electrons. The summed E-state index contributed by atoms with van der Waals surface area (Å²) in [7, 11) is 5.98. The number of hydrogen-bond acceptors (Lipinski definition) is 3. The molecule has 1 aromatic heterocycles. The monoisotopic (exact) mass is 478 g/mol. The average Bonchev–Trinajstić information content (AvgIpc) is 3.19. The van der Waals surface area contributed by atoms with Gasteiger partial charge in [-0.25, -0.2) is 0 Å². The molecule has 1 aromatic carbocycles. The highest BCUT2D eigenvalue weighted by Gasteiger charge is 2.46. The van der Waals surface area contributed by atoms with Crippen molar-refractivity contribution in [3.63, 3.8) is 0 Å². The first-order valence-electron chi connectivity index (χ1n) is 11.9. The van der Waals surface area contributed by atoms with Crippen LogP contribution in [0.1, 0.15) is 61.8 Å². The minimum absolute atomic E-state index is 0.141. The first kappa shape index (κ1) is 21.7. The Bertz CT molecular complexity index is 907. The number of nitrogens with one attached hydrogen (secondary N) is 1. The van der Waals surface area contributed by atoms with Gasteiger partial charge in [0.15, 0.2) is 0 Å². The number of halogens is 1. The minimum Gasteiger partial charge on any atom is -0.381 e. The third kappa shape index (κ3) is 4.51. The van der Waals surface area contributed by atoms with Gasteiger partial charge in [0.25, 0.3) is 0 Å². The quantitative estimate of drug-likeness (QED) is 0.647. The summed E-state index contributed by atoms with van der Waals surface area (Å²) in [6, 6.07) is 11.4. The fourth-order valence-electron chi connectivity index (χ4n) is 6.47. The molecule has 3 nitrogen and oxygen atoms in total. The van der Waals surface area contributed by atoms with Crippen LogP contribution in [0.3, 0.4) is 0 Å². The van der Waals surface area contributed by atoms with Crippen molar-refractivity contribution in [3.05, 3.63) is 57.8 Å². The predicted octanol–water partition coefficient (Wildman–Crippen LogP) is 4.39. The highest BCUT2D eigenvalue weighted by molar-refractivity contribution is 9.10. The van der Waals surface area contributed by atoms with Gasteiger partial charge in [-0.15, -0.1) is 0 Å². The number of nitrogens with zero attached hydrogens (tertiary/aromatic N) is 1. The Hall–Kier alpha value is -1.17. The molecule has 1 spiro atoms. The lowest BCUT2D eigenvalue weighted by molar-refractivity contribution is -0.0262. The van der Waals surface area contributed by atoms with E-state index in [4.69, 9.17) is 17.6 Å². The van der Waals surface area contributed by atoms with Crippen LogP contribution in [0.5, 0.6) is 0 Å². The molecule has 2 aliphatic carbocycles. The van der Waals surface area contributed by atoms with Crippen molar-refractivity contribution in [1.82, 2.24) is 10.3 Å². The molecule has 31 heavy (non-hydrogen) atoms. The van der Waals surface area contributed by atoms with E-state index < -0.39 is 0 Å². The van der Waals surface area contributed by atoms with Gasteiger partial charge in [-0.1, -0.05) is 46.0 Å². The van der Waals surface area contributed by atoms with Crippen molar-refractivity contribution >= 4 is 29.2 Å². The molecule has 2 fully saturated rings. The van der Waals surface area contributed by atoms with Gasteiger partial charge in [-0.3, -0.25) is 4.98 Å². The van der Waals surface area contributed by atoms with Crippen molar-refractivity contribution in [3.8, 4) is 0 Å². The average molecular weight is 479 g/mol. The molecule has 5 rings (SSSR count). The lowest BCUT2D eigenvalue weighted by atomic mass is 9.57. The van der Waals surface area contributed by atoms with E-state index in [1.807, 2.05) is 12.3 Å². The standard InChI is InChI=1S/C26H32BBrN2O/c27-20-5-6-24(30-17-20)26(8-2-7-25(18-26)10-13-31-14-11-25)9-12-29-21-15-19-3-1-4-23(28)22(19)16-21/h1,3-6,17,21,29H,2,7-16,18H2. The summed E-state index contributed by atoms with van der Waals surface area (Å²) in [5.74, 6) is 0. The molecule has 1 N–H and O–H groups in total. The first-order chi connectivity index (χ1) is 15.1. The normalized spacial score (nSPS) is 27.3. The van der Waals surface area contributed by atoms with Crippen molar-refractivity contribution in [1.29, 1.82) is 0 Å². The van der Waals surface area contributed by atoms with Gasteiger partial charge < -0.3 is 10.1 Å². The molecular formula is C26H32BBrN2O. The van der Waals surface area contributed by atoms with Crippen LogP contribution in [0, 0.1) is 5.41 Å². The molecule has 2 unspecified atom stereocenters. The molecular weight excluding hydrogens is 447 g/mol. The molecule has 1 aliphatic heterocycles. The molecule has 5 heteroatoms. The van der Waals surface area contributed by atoms with Gasteiger partial charge >= 0.3 is 0 Å². The predicted molar refractivity (Wildman–Crippen MR) is 130 cm³/mol. The zero-order valence-electron chi connectivity index (χ0n) is 18.3. The van der Waals surface area contributed by atoms with Crippen LogP contribution in [-0.4, -0.2) is 38.6 Å². The van der Waals surface area contributed by atoms with Crippen molar-refractivity contribution < 1.29 is 4.74 Å². The van der Waals surface area contributed by atoms with Gasteiger partial charge in [-0.05, 0) is 86.6 Å². The summed E-state index contributed by atoms with van der Waals surface area (Å²) in [5.41, 5.74) is 5.53. The Labute approximate surface area is 196 Å². The molecule has 1 saturated carbocycles. The smallest absolute Gasteiger partial charge is 0.115 e. The molecule has 162 valence electrons. The van der Waals surface area contributed by atoms with E-state index in [-0.39, 0.29) is 5.41 Å². The van der Waals surface area contributed by atoms with Crippen LogP contribution in [0.2, 0.25) is 0 Å². The summed E-state index contributed by atoms with van der Waals surface area (Å²) >= 11 is 3.73. The topological polar surface area (TPSA) is 34.1 Å². The molecule has 0 amide bonds.